The number of furan rings is 1. The van der Waals surface area contributed by atoms with Crippen LogP contribution in [0.2, 0.25) is 0 Å². The maximum absolute atomic E-state index is 15.7. The Balaban J connectivity index is 1.09. The number of hydrogen-bond donors (Lipinski definition) is 0. The molecule has 0 aliphatic carbocycles. The van der Waals surface area contributed by atoms with Gasteiger partial charge in [-0.05, 0) is 71.8 Å². The Kier molecular flexibility index (Phi) is 5.04. The van der Waals surface area contributed by atoms with Crippen molar-refractivity contribution in [2.45, 2.75) is 0 Å². The zero-order valence-electron chi connectivity index (χ0n) is 25.4. The van der Waals surface area contributed by atoms with Crippen molar-refractivity contribution in [3.8, 4) is 39.8 Å². The van der Waals surface area contributed by atoms with E-state index in [0.29, 0.717) is 44.5 Å². The molecule has 1 unspecified atom stereocenters. The van der Waals surface area contributed by atoms with Gasteiger partial charge in [0.05, 0.1) is 21.6 Å². The Morgan fingerprint density at radius 1 is 0.458 bits per heavy atom. The van der Waals surface area contributed by atoms with Crippen LogP contribution in [0, 0.1) is 0 Å². The molecule has 2 aromatic heterocycles. The maximum Gasteiger partial charge on any atom is 0.185 e. The molecule has 0 radical (unpaired) electrons. The van der Waals surface area contributed by atoms with Gasteiger partial charge in [0, 0.05) is 33.3 Å². The SMILES string of the molecule is O=P12c3ccccc3Oc3cc(-c4ccc(-n5c6ccccc6c6ccccc65)cc4)cc(c31)Oc1cc3oc4ccccc4c3cc12. The van der Waals surface area contributed by atoms with Gasteiger partial charge in [0.25, 0.3) is 0 Å². The summed E-state index contributed by atoms with van der Waals surface area (Å²) in [7, 11) is -3.37. The van der Waals surface area contributed by atoms with E-state index in [4.69, 9.17) is 13.9 Å². The fourth-order valence-corrected chi connectivity index (χ4v) is 10.7. The van der Waals surface area contributed by atoms with Gasteiger partial charge in [0.2, 0.25) is 0 Å². The molecule has 7 aromatic carbocycles. The van der Waals surface area contributed by atoms with E-state index < -0.39 is 7.14 Å². The molecule has 0 spiro atoms. The van der Waals surface area contributed by atoms with Crippen LogP contribution >= 0.6 is 7.14 Å². The molecule has 48 heavy (non-hydrogen) atoms. The van der Waals surface area contributed by atoms with Crippen LogP contribution in [0.5, 0.6) is 23.0 Å². The Morgan fingerprint density at radius 3 is 1.83 bits per heavy atom. The fraction of sp³-hybridized carbons (Fsp3) is 0. The number of hydrogen-bond acceptors (Lipinski definition) is 4. The number of fused-ring (bicyclic) bond motifs is 10. The third-order valence-electron chi connectivity index (χ3n) is 9.84. The van der Waals surface area contributed by atoms with Crippen molar-refractivity contribution in [2.24, 2.45) is 0 Å². The van der Waals surface area contributed by atoms with Crippen LogP contribution in [0.4, 0.5) is 0 Å². The van der Waals surface area contributed by atoms with E-state index in [9.17, 15) is 0 Å². The first kappa shape index (κ1) is 26.1. The molecule has 11 rings (SSSR count). The monoisotopic (exact) mass is 637 g/mol. The highest BCUT2D eigenvalue weighted by Gasteiger charge is 2.47. The van der Waals surface area contributed by atoms with Crippen molar-refractivity contribution in [2.75, 3.05) is 0 Å². The fourth-order valence-electron chi connectivity index (χ4n) is 7.70. The molecule has 4 heterocycles. The smallest absolute Gasteiger partial charge is 0.185 e. The van der Waals surface area contributed by atoms with Gasteiger partial charge in [-0.15, -0.1) is 0 Å². The van der Waals surface area contributed by atoms with Crippen molar-refractivity contribution >= 4 is 66.8 Å². The normalized spacial score (nSPS) is 16.0. The third-order valence-corrected chi connectivity index (χ3v) is 13.0. The molecule has 2 aliphatic heterocycles. The second kappa shape index (κ2) is 9.28. The Bertz CT molecular complexity index is 2830. The van der Waals surface area contributed by atoms with Crippen LogP contribution in [-0.4, -0.2) is 4.57 Å². The van der Waals surface area contributed by atoms with E-state index in [1.165, 1.54) is 10.8 Å². The van der Waals surface area contributed by atoms with E-state index in [1.807, 2.05) is 72.8 Å². The zero-order chi connectivity index (χ0) is 31.6. The molecule has 9 aromatic rings. The molecular formula is C42H24NO4P. The highest BCUT2D eigenvalue weighted by molar-refractivity contribution is 7.86. The number of ether oxygens (including phenoxy) is 2. The van der Waals surface area contributed by atoms with E-state index in [1.54, 1.807) is 0 Å². The second-order valence-corrected chi connectivity index (χ2v) is 15.1. The molecule has 0 fully saturated rings. The van der Waals surface area contributed by atoms with Crippen molar-refractivity contribution in [3.05, 3.63) is 146 Å². The van der Waals surface area contributed by atoms with Crippen molar-refractivity contribution in [3.63, 3.8) is 0 Å². The summed E-state index contributed by atoms with van der Waals surface area (Å²) in [4.78, 5) is 0. The second-order valence-electron chi connectivity index (χ2n) is 12.4. The number of rotatable bonds is 2. The molecular weight excluding hydrogens is 613 g/mol. The lowest BCUT2D eigenvalue weighted by Crippen LogP contribution is -2.35. The van der Waals surface area contributed by atoms with Gasteiger partial charge in [-0.2, -0.15) is 0 Å². The van der Waals surface area contributed by atoms with Crippen LogP contribution in [0.15, 0.2) is 150 Å². The molecule has 0 amide bonds. The number of nitrogens with zero attached hydrogens (tertiary/aromatic N) is 1. The highest BCUT2D eigenvalue weighted by Crippen LogP contribution is 2.59. The van der Waals surface area contributed by atoms with Crippen LogP contribution < -0.4 is 25.4 Å². The summed E-state index contributed by atoms with van der Waals surface area (Å²) in [5.41, 5.74) is 6.80. The maximum atomic E-state index is 15.7. The summed E-state index contributed by atoms with van der Waals surface area (Å²) in [5, 5.41) is 6.29. The summed E-state index contributed by atoms with van der Waals surface area (Å²) in [6.45, 7) is 0. The molecule has 2 aliphatic rings. The minimum Gasteiger partial charge on any atom is -0.456 e. The van der Waals surface area contributed by atoms with Crippen molar-refractivity contribution < 1.29 is 18.5 Å². The van der Waals surface area contributed by atoms with Gasteiger partial charge < -0.3 is 23.0 Å². The van der Waals surface area contributed by atoms with E-state index in [-0.39, 0.29) is 0 Å². The largest absolute Gasteiger partial charge is 0.456 e. The van der Waals surface area contributed by atoms with Crippen molar-refractivity contribution in [1.82, 2.24) is 4.57 Å². The molecule has 1 atom stereocenters. The van der Waals surface area contributed by atoms with Gasteiger partial charge in [0.15, 0.2) is 7.14 Å². The first-order chi connectivity index (χ1) is 23.6. The molecule has 0 saturated carbocycles. The van der Waals surface area contributed by atoms with Crippen LogP contribution in [0.3, 0.4) is 0 Å². The lowest BCUT2D eigenvalue weighted by Gasteiger charge is -2.34. The Hall–Kier alpha value is -6.03. The number of aromatic nitrogens is 1. The predicted molar refractivity (Wildman–Crippen MR) is 193 cm³/mol. The van der Waals surface area contributed by atoms with E-state index in [2.05, 4.69) is 77.4 Å². The molecule has 0 bridgehead atoms. The van der Waals surface area contributed by atoms with Crippen molar-refractivity contribution in [1.29, 1.82) is 0 Å². The molecule has 6 heteroatoms. The van der Waals surface area contributed by atoms with Gasteiger partial charge >= 0.3 is 0 Å². The number of para-hydroxylation sites is 4. The molecule has 0 saturated heterocycles. The summed E-state index contributed by atoms with van der Waals surface area (Å²) >= 11 is 0. The lowest BCUT2D eigenvalue weighted by atomic mass is 10.0. The first-order valence-corrected chi connectivity index (χ1v) is 17.6. The van der Waals surface area contributed by atoms with Gasteiger partial charge in [-0.1, -0.05) is 78.9 Å². The summed E-state index contributed by atoms with van der Waals surface area (Å²) < 4.78 is 37.3. The minimum absolute atomic E-state index is 0.537. The van der Waals surface area contributed by atoms with Crippen LogP contribution in [-0.2, 0) is 4.57 Å². The Morgan fingerprint density at radius 2 is 1.08 bits per heavy atom. The van der Waals surface area contributed by atoms with Gasteiger partial charge in [-0.3, -0.25) is 0 Å². The summed E-state index contributed by atoms with van der Waals surface area (Å²) in [5.74, 6) is 2.23. The minimum atomic E-state index is -3.37. The standard InChI is InChI=1S/C42H24NO4P/c44-48-40-16-8-7-15-35(40)46-38-21-26(22-39(42(38)48)47-37-24-36-31(23-41(37)48)30-11-3-6-14-34(30)45-36)25-17-19-27(20-18-25)43-32-12-4-1-9-28(32)29-10-2-5-13-33(29)43/h1-24H. The van der Waals surface area contributed by atoms with E-state index in [0.717, 1.165) is 44.2 Å². The van der Waals surface area contributed by atoms with Gasteiger partial charge in [-0.25, -0.2) is 0 Å². The van der Waals surface area contributed by atoms with Crippen LogP contribution in [0.25, 0.3) is 60.6 Å². The third kappa shape index (κ3) is 3.38. The molecule has 5 nitrogen and oxygen atoms in total. The average Bonchev–Trinajstić information content (AvgIpc) is 3.66. The lowest BCUT2D eigenvalue weighted by molar-refractivity contribution is 0.462. The zero-order valence-corrected chi connectivity index (χ0v) is 26.3. The molecule has 0 N–H and O–H groups in total. The quantitative estimate of drug-likeness (QED) is 0.177. The van der Waals surface area contributed by atoms with Crippen LogP contribution in [0.1, 0.15) is 0 Å². The van der Waals surface area contributed by atoms with E-state index >= 15 is 4.57 Å². The average molecular weight is 638 g/mol. The Labute approximate surface area is 274 Å². The predicted octanol–water partition coefficient (Wildman–Crippen LogP) is 10.2. The topological polar surface area (TPSA) is 53.6 Å². The summed E-state index contributed by atoms with van der Waals surface area (Å²) in [6.07, 6.45) is 0. The van der Waals surface area contributed by atoms with Gasteiger partial charge in [0.1, 0.15) is 39.5 Å². The number of benzene rings is 7. The highest BCUT2D eigenvalue weighted by atomic mass is 31.2. The summed E-state index contributed by atoms with van der Waals surface area (Å²) in [6, 6.07) is 49.0. The first-order valence-electron chi connectivity index (χ1n) is 15.9. The molecule has 226 valence electrons.